The van der Waals surface area contributed by atoms with Crippen LogP contribution in [-0.2, 0) is 0 Å². The van der Waals surface area contributed by atoms with Crippen LogP contribution in [0.15, 0.2) is 23.1 Å². The largest absolute Gasteiger partial charge is 0.315 e. The normalized spacial score (nSPS) is 11.1. The second-order valence-electron chi connectivity index (χ2n) is 4.93. The minimum Gasteiger partial charge on any atom is -0.315 e. The summed E-state index contributed by atoms with van der Waals surface area (Å²) in [6, 6.07) is 7.32. The van der Waals surface area contributed by atoms with Crippen LogP contribution in [-0.4, -0.2) is 18.3 Å². The van der Waals surface area contributed by atoms with Crippen molar-refractivity contribution < 1.29 is 0 Å². The monoisotopic (exact) mass is 251 g/mol. The molecule has 17 heavy (non-hydrogen) atoms. The first-order chi connectivity index (χ1) is 8.09. The van der Waals surface area contributed by atoms with Crippen LogP contribution in [0.5, 0.6) is 0 Å². The van der Waals surface area contributed by atoms with E-state index in [2.05, 4.69) is 51.2 Å². The van der Waals surface area contributed by atoms with Gasteiger partial charge in [0.25, 0.3) is 0 Å². The molecule has 0 amide bonds. The van der Waals surface area contributed by atoms with Crippen molar-refractivity contribution in [1.82, 2.24) is 5.32 Å². The summed E-state index contributed by atoms with van der Waals surface area (Å²) in [6.45, 7) is 9.90. The molecule has 0 fully saturated rings. The van der Waals surface area contributed by atoms with Crippen molar-refractivity contribution in [3.8, 4) is 0 Å². The molecule has 0 heterocycles. The van der Waals surface area contributed by atoms with Gasteiger partial charge in [-0.2, -0.15) is 0 Å². The number of hydrogen-bond acceptors (Lipinski definition) is 2. The summed E-state index contributed by atoms with van der Waals surface area (Å²) >= 11 is 1.99. The van der Waals surface area contributed by atoms with Crippen LogP contribution in [0, 0.1) is 13.8 Å². The number of thioether (sulfide) groups is 1. The molecule has 1 aromatic rings. The van der Waals surface area contributed by atoms with Gasteiger partial charge in [-0.3, -0.25) is 0 Å². The molecule has 0 saturated carbocycles. The van der Waals surface area contributed by atoms with E-state index in [0.29, 0.717) is 6.04 Å². The molecule has 1 N–H and O–H groups in total. The van der Waals surface area contributed by atoms with Crippen LogP contribution in [0.2, 0.25) is 0 Å². The van der Waals surface area contributed by atoms with Crippen molar-refractivity contribution in [2.24, 2.45) is 0 Å². The zero-order chi connectivity index (χ0) is 12.7. The molecule has 96 valence electrons. The number of rotatable bonds is 7. The fourth-order valence-electron chi connectivity index (χ4n) is 1.66. The van der Waals surface area contributed by atoms with Crippen molar-refractivity contribution in [3.05, 3.63) is 29.3 Å². The zero-order valence-electron chi connectivity index (χ0n) is 11.5. The van der Waals surface area contributed by atoms with E-state index in [1.165, 1.54) is 34.6 Å². The summed E-state index contributed by atoms with van der Waals surface area (Å²) < 4.78 is 0. The van der Waals surface area contributed by atoms with E-state index in [1.807, 2.05) is 11.8 Å². The summed E-state index contributed by atoms with van der Waals surface area (Å²) in [7, 11) is 0. The van der Waals surface area contributed by atoms with Gasteiger partial charge in [0.15, 0.2) is 0 Å². The molecule has 2 heteroatoms. The first-order valence-electron chi connectivity index (χ1n) is 6.53. The lowest BCUT2D eigenvalue weighted by Gasteiger charge is -2.08. The molecule has 0 saturated heterocycles. The zero-order valence-corrected chi connectivity index (χ0v) is 12.4. The van der Waals surface area contributed by atoms with Crippen molar-refractivity contribution in [2.75, 3.05) is 12.3 Å². The third kappa shape index (κ3) is 6.13. The Hall–Kier alpha value is -0.470. The highest BCUT2D eigenvalue weighted by Gasteiger charge is 1.99. The minimum atomic E-state index is 0.613. The predicted molar refractivity (Wildman–Crippen MR) is 79.0 cm³/mol. The minimum absolute atomic E-state index is 0.613. The first kappa shape index (κ1) is 14.6. The summed E-state index contributed by atoms with van der Waals surface area (Å²) in [5, 5.41) is 3.46. The molecule has 0 aromatic heterocycles. The molecule has 0 aliphatic carbocycles. The number of benzene rings is 1. The Bertz CT molecular complexity index is 334. The molecular weight excluding hydrogens is 226 g/mol. The van der Waals surface area contributed by atoms with E-state index in [9.17, 15) is 0 Å². The molecule has 0 bridgehead atoms. The van der Waals surface area contributed by atoms with Crippen LogP contribution >= 0.6 is 11.8 Å². The van der Waals surface area contributed by atoms with Gasteiger partial charge in [0.1, 0.15) is 0 Å². The fourth-order valence-corrected chi connectivity index (χ4v) is 2.80. The van der Waals surface area contributed by atoms with Crippen LogP contribution in [0.25, 0.3) is 0 Å². The lowest BCUT2D eigenvalue weighted by Crippen LogP contribution is -2.23. The van der Waals surface area contributed by atoms with Gasteiger partial charge < -0.3 is 5.32 Å². The van der Waals surface area contributed by atoms with Gasteiger partial charge >= 0.3 is 0 Å². The lowest BCUT2D eigenvalue weighted by atomic mass is 10.2. The number of nitrogens with one attached hydrogen (secondary N) is 1. The van der Waals surface area contributed by atoms with Gasteiger partial charge in [-0.25, -0.2) is 0 Å². The van der Waals surface area contributed by atoms with Crippen molar-refractivity contribution in [1.29, 1.82) is 0 Å². The highest BCUT2D eigenvalue weighted by molar-refractivity contribution is 7.99. The Labute approximate surface area is 110 Å². The molecule has 0 aliphatic rings. The van der Waals surface area contributed by atoms with Gasteiger partial charge in [-0.1, -0.05) is 31.5 Å². The Morgan fingerprint density at radius 1 is 1.18 bits per heavy atom. The maximum absolute atomic E-state index is 3.46. The van der Waals surface area contributed by atoms with Gasteiger partial charge in [0.05, 0.1) is 0 Å². The number of aryl methyl sites for hydroxylation is 2. The quantitative estimate of drug-likeness (QED) is 0.576. The third-order valence-electron chi connectivity index (χ3n) is 2.72. The van der Waals surface area contributed by atoms with E-state index < -0.39 is 0 Å². The molecule has 1 rings (SSSR count). The predicted octanol–water partition coefficient (Wildman–Crippen LogP) is 4.17. The highest BCUT2D eigenvalue weighted by atomic mass is 32.2. The highest BCUT2D eigenvalue weighted by Crippen LogP contribution is 2.24. The van der Waals surface area contributed by atoms with Gasteiger partial charge in [0, 0.05) is 10.9 Å². The van der Waals surface area contributed by atoms with Crippen LogP contribution in [0.1, 0.15) is 37.8 Å². The molecule has 0 spiro atoms. The second kappa shape index (κ2) is 7.78. The SMILES string of the molecule is Cc1ccc(C)c(SCCCCNC(C)C)c1. The average Bonchev–Trinajstić information content (AvgIpc) is 2.27. The first-order valence-corrected chi connectivity index (χ1v) is 7.51. The second-order valence-corrected chi connectivity index (χ2v) is 6.07. The summed E-state index contributed by atoms with van der Waals surface area (Å²) in [5.74, 6) is 1.23. The number of unbranched alkanes of at least 4 members (excludes halogenated alkanes) is 1. The third-order valence-corrected chi connectivity index (χ3v) is 3.97. The molecular formula is C15H25NS. The van der Waals surface area contributed by atoms with Crippen LogP contribution in [0.4, 0.5) is 0 Å². The average molecular weight is 251 g/mol. The van der Waals surface area contributed by atoms with E-state index in [4.69, 9.17) is 0 Å². The molecule has 0 atom stereocenters. The Kier molecular flexibility index (Phi) is 6.68. The van der Waals surface area contributed by atoms with E-state index in [0.717, 1.165) is 6.54 Å². The van der Waals surface area contributed by atoms with Crippen molar-refractivity contribution >= 4 is 11.8 Å². The van der Waals surface area contributed by atoms with Crippen molar-refractivity contribution in [2.45, 2.75) is 51.5 Å². The van der Waals surface area contributed by atoms with Gasteiger partial charge in [-0.05, 0) is 50.6 Å². The fraction of sp³-hybridized carbons (Fsp3) is 0.600. The molecule has 0 aliphatic heterocycles. The lowest BCUT2D eigenvalue weighted by molar-refractivity contribution is 0.567. The molecule has 0 unspecified atom stereocenters. The maximum Gasteiger partial charge on any atom is 0.0104 e. The standard InChI is InChI=1S/C15H25NS/c1-12(2)16-9-5-6-10-17-15-11-13(3)7-8-14(15)4/h7-8,11-12,16H,5-6,9-10H2,1-4H3. The maximum atomic E-state index is 3.46. The van der Waals surface area contributed by atoms with E-state index in [-0.39, 0.29) is 0 Å². The van der Waals surface area contributed by atoms with Crippen molar-refractivity contribution in [3.63, 3.8) is 0 Å². The summed E-state index contributed by atoms with van der Waals surface area (Å²) in [5.41, 5.74) is 2.76. The van der Waals surface area contributed by atoms with Gasteiger partial charge in [0.2, 0.25) is 0 Å². The topological polar surface area (TPSA) is 12.0 Å². The Balaban J connectivity index is 2.20. The Morgan fingerprint density at radius 3 is 2.65 bits per heavy atom. The van der Waals surface area contributed by atoms with Crippen LogP contribution < -0.4 is 5.32 Å². The summed E-state index contributed by atoms with van der Waals surface area (Å²) in [4.78, 5) is 1.45. The van der Waals surface area contributed by atoms with Gasteiger partial charge in [-0.15, -0.1) is 11.8 Å². The number of hydrogen-bond donors (Lipinski definition) is 1. The molecule has 0 radical (unpaired) electrons. The van der Waals surface area contributed by atoms with Crippen LogP contribution in [0.3, 0.4) is 0 Å². The molecule has 1 nitrogen and oxygen atoms in total. The Morgan fingerprint density at radius 2 is 1.94 bits per heavy atom. The summed E-state index contributed by atoms with van der Waals surface area (Å²) in [6.07, 6.45) is 2.56. The molecule has 1 aromatic carbocycles. The smallest absolute Gasteiger partial charge is 0.0104 e. The van der Waals surface area contributed by atoms with E-state index >= 15 is 0 Å². The van der Waals surface area contributed by atoms with E-state index in [1.54, 1.807) is 0 Å².